The maximum atomic E-state index is 5.15. The molecule has 0 amide bonds. The van der Waals surface area contributed by atoms with Crippen LogP contribution in [0.1, 0.15) is 19.5 Å². The van der Waals surface area contributed by atoms with Crippen molar-refractivity contribution in [1.82, 2.24) is 9.97 Å². The zero-order chi connectivity index (χ0) is 30.1. The molecule has 0 fully saturated rings. The van der Waals surface area contributed by atoms with Gasteiger partial charge in [-0.2, -0.15) is 0 Å². The minimum Gasteiger partial charge on any atom is -0.228 e. The molecule has 0 unspecified atom stereocenters. The fourth-order valence-electron chi connectivity index (χ4n) is 7.42. The van der Waals surface area contributed by atoms with Gasteiger partial charge >= 0.3 is 0 Å². The smallest absolute Gasteiger partial charge is 0.160 e. The van der Waals surface area contributed by atoms with E-state index >= 15 is 0 Å². The molecule has 2 heteroatoms. The van der Waals surface area contributed by atoms with Gasteiger partial charge in [-0.1, -0.05) is 129 Å². The first-order chi connectivity index (χ1) is 22.0. The van der Waals surface area contributed by atoms with E-state index in [1.54, 1.807) is 0 Å². The van der Waals surface area contributed by atoms with Crippen LogP contribution < -0.4 is 10.4 Å². The number of hydrogen-bond donors (Lipinski definition) is 0. The van der Waals surface area contributed by atoms with Gasteiger partial charge in [-0.25, -0.2) is 9.97 Å². The normalized spacial score (nSPS) is 15.0. The van der Waals surface area contributed by atoms with Gasteiger partial charge in [0.15, 0.2) is 5.82 Å². The van der Waals surface area contributed by atoms with Crippen molar-refractivity contribution in [3.05, 3.63) is 161 Å². The van der Waals surface area contributed by atoms with E-state index in [0.29, 0.717) is 0 Å². The number of aromatic nitrogens is 2. The van der Waals surface area contributed by atoms with E-state index in [2.05, 4.69) is 135 Å². The fraction of sp³-hybridized carbons (Fsp3) is 0.0698. The highest BCUT2D eigenvalue weighted by Crippen LogP contribution is 2.44. The Kier molecular flexibility index (Phi) is 5.58. The Balaban J connectivity index is 1.27. The predicted molar refractivity (Wildman–Crippen MR) is 189 cm³/mol. The molecule has 0 N–H and O–H groups in total. The lowest BCUT2D eigenvalue weighted by molar-refractivity contribution is 0.646. The lowest BCUT2D eigenvalue weighted by Gasteiger charge is -2.29. The number of fused-ring (bicyclic) bond motifs is 8. The SMILES string of the molecule is CC1(C)C=C(c2cc(-c3ccccc3)nc(-c3ccccc3)n2)C=C2C=c3cc4c5ccccc5c5ccccc5c4cc3=C21. The molecule has 0 saturated carbocycles. The van der Waals surface area contributed by atoms with Crippen LogP contribution in [0.3, 0.4) is 0 Å². The predicted octanol–water partition coefficient (Wildman–Crippen LogP) is 9.26. The second kappa shape index (κ2) is 9.70. The van der Waals surface area contributed by atoms with Crippen molar-refractivity contribution < 1.29 is 0 Å². The monoisotopic (exact) mass is 574 g/mol. The molecule has 7 aromatic rings. The summed E-state index contributed by atoms with van der Waals surface area (Å²) in [5.74, 6) is 0.738. The standard InChI is InChI=1S/C43H30N2/c1-43(2)26-31(40-25-39(27-13-5-3-6-14-27)44-42(45-40)28-15-7-4-8-16-28)22-30-21-29-23-37-34-19-11-9-17-32(34)33-18-10-12-20-35(33)38(37)24-36(29)41(30)43/h3-26H,1-2H3. The van der Waals surface area contributed by atoms with Crippen LogP contribution in [0.5, 0.6) is 0 Å². The van der Waals surface area contributed by atoms with Crippen LogP contribution in [0.25, 0.3) is 72.2 Å². The van der Waals surface area contributed by atoms with E-state index in [9.17, 15) is 0 Å². The summed E-state index contributed by atoms with van der Waals surface area (Å²) in [6.07, 6.45) is 7.09. The molecule has 2 aliphatic rings. The van der Waals surface area contributed by atoms with Crippen molar-refractivity contribution in [2.45, 2.75) is 13.8 Å². The third-order valence-electron chi connectivity index (χ3n) is 9.38. The first-order valence-electron chi connectivity index (χ1n) is 15.6. The van der Waals surface area contributed by atoms with E-state index in [1.165, 1.54) is 53.9 Å². The molecule has 1 heterocycles. The van der Waals surface area contributed by atoms with Gasteiger partial charge in [-0.15, -0.1) is 0 Å². The highest BCUT2D eigenvalue weighted by molar-refractivity contribution is 6.25. The summed E-state index contributed by atoms with van der Waals surface area (Å²) in [7, 11) is 0. The molecule has 0 bridgehead atoms. The number of nitrogens with zero attached hydrogens (tertiary/aromatic N) is 2. The molecule has 0 aliphatic heterocycles. The van der Waals surface area contributed by atoms with E-state index < -0.39 is 0 Å². The fourth-order valence-corrected chi connectivity index (χ4v) is 7.42. The minimum atomic E-state index is -0.202. The second-order valence-electron chi connectivity index (χ2n) is 12.7. The Morgan fingerprint density at radius 3 is 1.64 bits per heavy atom. The molecule has 1 aromatic heterocycles. The zero-order valence-corrected chi connectivity index (χ0v) is 25.3. The average Bonchev–Trinajstić information content (AvgIpc) is 3.46. The Morgan fingerprint density at radius 2 is 1.00 bits per heavy atom. The number of rotatable bonds is 3. The Labute approximate surface area is 262 Å². The zero-order valence-electron chi connectivity index (χ0n) is 25.3. The van der Waals surface area contributed by atoms with E-state index in [4.69, 9.17) is 9.97 Å². The van der Waals surface area contributed by atoms with Gasteiger partial charge in [0, 0.05) is 16.5 Å². The molecule has 45 heavy (non-hydrogen) atoms. The molecular weight excluding hydrogens is 544 g/mol. The highest BCUT2D eigenvalue weighted by Gasteiger charge is 2.31. The lowest BCUT2D eigenvalue weighted by atomic mass is 9.74. The molecule has 9 rings (SSSR count). The van der Waals surface area contributed by atoms with Gasteiger partial charge in [0.2, 0.25) is 0 Å². The van der Waals surface area contributed by atoms with E-state index in [1.807, 2.05) is 24.3 Å². The van der Waals surface area contributed by atoms with Crippen LogP contribution in [0.4, 0.5) is 0 Å². The largest absolute Gasteiger partial charge is 0.228 e. The van der Waals surface area contributed by atoms with E-state index in [-0.39, 0.29) is 5.41 Å². The first kappa shape index (κ1) is 25.9. The molecule has 212 valence electrons. The number of benzene rings is 6. The van der Waals surface area contributed by atoms with Gasteiger partial charge in [0.05, 0.1) is 11.4 Å². The topological polar surface area (TPSA) is 25.8 Å². The second-order valence-corrected chi connectivity index (χ2v) is 12.7. The van der Waals surface area contributed by atoms with Crippen molar-refractivity contribution in [1.29, 1.82) is 0 Å². The van der Waals surface area contributed by atoms with Crippen LogP contribution >= 0.6 is 0 Å². The molecule has 0 atom stereocenters. The quantitative estimate of drug-likeness (QED) is 0.197. The summed E-state index contributed by atoms with van der Waals surface area (Å²) in [6.45, 7) is 4.66. The van der Waals surface area contributed by atoms with Crippen LogP contribution in [-0.2, 0) is 0 Å². The molecule has 2 nitrogen and oxygen atoms in total. The van der Waals surface area contributed by atoms with Crippen LogP contribution in [0, 0.1) is 5.41 Å². The maximum Gasteiger partial charge on any atom is 0.160 e. The highest BCUT2D eigenvalue weighted by atomic mass is 14.9. The lowest BCUT2D eigenvalue weighted by Crippen LogP contribution is -2.28. The average molecular weight is 575 g/mol. The summed E-state index contributed by atoms with van der Waals surface area (Å²) in [5.41, 5.74) is 7.52. The van der Waals surface area contributed by atoms with Crippen molar-refractivity contribution >= 4 is 49.5 Å². The summed E-state index contributed by atoms with van der Waals surface area (Å²) in [6, 6.07) is 45.3. The van der Waals surface area contributed by atoms with Gasteiger partial charge in [0.1, 0.15) is 0 Å². The van der Waals surface area contributed by atoms with Gasteiger partial charge < -0.3 is 0 Å². The van der Waals surface area contributed by atoms with E-state index in [0.717, 1.165) is 33.9 Å². The Hall–Kier alpha value is -5.60. The molecule has 0 radical (unpaired) electrons. The Morgan fingerprint density at radius 1 is 0.467 bits per heavy atom. The summed E-state index contributed by atoms with van der Waals surface area (Å²) < 4.78 is 0. The van der Waals surface area contributed by atoms with Crippen molar-refractivity contribution in [3.8, 4) is 22.6 Å². The summed E-state index contributed by atoms with van der Waals surface area (Å²) in [5, 5.41) is 10.4. The number of allylic oxidation sites excluding steroid dienone is 4. The third kappa shape index (κ3) is 4.10. The molecule has 0 saturated heterocycles. The number of hydrogen-bond acceptors (Lipinski definition) is 2. The van der Waals surface area contributed by atoms with Crippen LogP contribution in [-0.4, -0.2) is 9.97 Å². The summed E-state index contributed by atoms with van der Waals surface area (Å²) >= 11 is 0. The van der Waals surface area contributed by atoms with Crippen molar-refractivity contribution in [2.75, 3.05) is 0 Å². The van der Waals surface area contributed by atoms with Crippen LogP contribution in [0.15, 0.2) is 145 Å². The third-order valence-corrected chi connectivity index (χ3v) is 9.38. The minimum absolute atomic E-state index is 0.202. The van der Waals surface area contributed by atoms with Gasteiger partial charge in [-0.05, 0) is 89.8 Å². The first-order valence-corrected chi connectivity index (χ1v) is 15.6. The van der Waals surface area contributed by atoms with Gasteiger partial charge in [-0.3, -0.25) is 0 Å². The van der Waals surface area contributed by atoms with Gasteiger partial charge in [0.25, 0.3) is 0 Å². The van der Waals surface area contributed by atoms with Crippen molar-refractivity contribution in [3.63, 3.8) is 0 Å². The Bertz CT molecular complexity index is 2480. The van der Waals surface area contributed by atoms with Crippen LogP contribution in [0.2, 0.25) is 0 Å². The molecule has 0 spiro atoms. The maximum absolute atomic E-state index is 5.15. The molecule has 6 aromatic carbocycles. The molecular formula is C43H30N2. The summed E-state index contributed by atoms with van der Waals surface area (Å²) in [4.78, 5) is 10.2. The van der Waals surface area contributed by atoms with Crippen molar-refractivity contribution in [2.24, 2.45) is 5.41 Å². The molecule has 2 aliphatic carbocycles.